The summed E-state index contributed by atoms with van der Waals surface area (Å²) in [6.45, 7) is 1.47. The summed E-state index contributed by atoms with van der Waals surface area (Å²) in [6, 6.07) is 16.3. The van der Waals surface area contributed by atoms with Crippen molar-refractivity contribution >= 4 is 28.7 Å². The number of rotatable bonds is 5. The summed E-state index contributed by atoms with van der Waals surface area (Å²) in [4.78, 5) is 21.3. The van der Waals surface area contributed by atoms with Crippen LogP contribution in [0.3, 0.4) is 0 Å². The Hall–Kier alpha value is -3.02. The van der Waals surface area contributed by atoms with E-state index >= 15 is 0 Å². The third kappa shape index (κ3) is 3.60. The molecule has 1 fully saturated rings. The van der Waals surface area contributed by atoms with E-state index in [9.17, 15) is 4.79 Å². The molecule has 1 atom stereocenters. The van der Waals surface area contributed by atoms with Crippen LogP contribution in [-0.2, 0) is 0 Å². The fourth-order valence-electron chi connectivity index (χ4n) is 3.52. The molecule has 0 aliphatic carbocycles. The minimum absolute atomic E-state index is 0.0527. The molecule has 140 valence electrons. The lowest BCUT2D eigenvalue weighted by Gasteiger charge is -2.23. The van der Waals surface area contributed by atoms with Crippen molar-refractivity contribution in [2.45, 2.75) is 18.9 Å². The van der Waals surface area contributed by atoms with Crippen molar-refractivity contribution in [3.05, 3.63) is 54.1 Å². The summed E-state index contributed by atoms with van der Waals surface area (Å²) in [6.07, 6.45) is 2.08. The number of benzene rings is 2. The summed E-state index contributed by atoms with van der Waals surface area (Å²) >= 11 is 0. The second kappa shape index (κ2) is 7.31. The van der Waals surface area contributed by atoms with Gasteiger partial charge in [0.25, 0.3) is 11.9 Å². The van der Waals surface area contributed by atoms with Crippen LogP contribution in [0.4, 0.5) is 11.7 Å². The first kappa shape index (κ1) is 17.4. The van der Waals surface area contributed by atoms with Gasteiger partial charge in [-0.1, -0.05) is 18.2 Å². The number of carbonyl (C=O) groups is 1. The molecule has 0 radical (unpaired) electrons. The second-order valence-corrected chi connectivity index (χ2v) is 7.11. The SMILES string of the molecule is CN(C)c1cccc(C(=O)NCC2CCCN2c2nc3ccccc3o2)c1. The number of para-hydroxylation sites is 2. The van der Waals surface area contributed by atoms with Crippen molar-refractivity contribution in [2.24, 2.45) is 0 Å². The highest BCUT2D eigenvalue weighted by Gasteiger charge is 2.28. The lowest BCUT2D eigenvalue weighted by Crippen LogP contribution is -2.40. The molecule has 0 spiro atoms. The van der Waals surface area contributed by atoms with Gasteiger partial charge in [0.05, 0.1) is 6.04 Å². The fraction of sp³-hybridized carbons (Fsp3) is 0.333. The van der Waals surface area contributed by atoms with E-state index < -0.39 is 0 Å². The first-order chi connectivity index (χ1) is 13.1. The minimum atomic E-state index is -0.0527. The highest BCUT2D eigenvalue weighted by Crippen LogP contribution is 2.28. The molecule has 1 aromatic heterocycles. The molecule has 6 nitrogen and oxygen atoms in total. The molecule has 1 amide bonds. The second-order valence-electron chi connectivity index (χ2n) is 7.11. The smallest absolute Gasteiger partial charge is 0.298 e. The largest absolute Gasteiger partial charge is 0.423 e. The Balaban J connectivity index is 1.44. The minimum Gasteiger partial charge on any atom is -0.423 e. The fourth-order valence-corrected chi connectivity index (χ4v) is 3.52. The average Bonchev–Trinajstić information content (AvgIpc) is 3.32. The number of aromatic nitrogens is 1. The van der Waals surface area contributed by atoms with Crippen LogP contribution in [-0.4, -0.2) is 44.1 Å². The van der Waals surface area contributed by atoms with Gasteiger partial charge in [0.2, 0.25) is 0 Å². The van der Waals surface area contributed by atoms with Gasteiger partial charge in [0, 0.05) is 38.4 Å². The van der Waals surface area contributed by atoms with E-state index in [1.165, 1.54) is 0 Å². The first-order valence-electron chi connectivity index (χ1n) is 9.29. The summed E-state index contributed by atoms with van der Waals surface area (Å²) in [5.74, 6) is -0.0527. The van der Waals surface area contributed by atoms with E-state index in [1.54, 1.807) is 0 Å². The molecule has 1 unspecified atom stereocenters. The highest BCUT2D eigenvalue weighted by molar-refractivity contribution is 5.95. The van der Waals surface area contributed by atoms with Crippen molar-refractivity contribution in [3.8, 4) is 0 Å². The predicted octanol–water partition coefficient (Wildman–Crippen LogP) is 3.29. The molecule has 2 aromatic carbocycles. The maximum Gasteiger partial charge on any atom is 0.298 e. The lowest BCUT2D eigenvalue weighted by molar-refractivity contribution is 0.0951. The number of nitrogens with one attached hydrogen (secondary N) is 1. The Morgan fingerprint density at radius 1 is 1.26 bits per heavy atom. The van der Waals surface area contributed by atoms with Crippen LogP contribution in [0.25, 0.3) is 11.1 Å². The van der Waals surface area contributed by atoms with Crippen LogP contribution in [0.5, 0.6) is 0 Å². The Bertz CT molecular complexity index is 917. The maximum atomic E-state index is 12.6. The van der Waals surface area contributed by atoms with Gasteiger partial charge < -0.3 is 19.5 Å². The molecular formula is C21H24N4O2. The van der Waals surface area contributed by atoms with Crippen molar-refractivity contribution in [2.75, 3.05) is 37.0 Å². The number of anilines is 2. The summed E-state index contributed by atoms with van der Waals surface area (Å²) in [5.41, 5.74) is 3.34. The molecule has 4 rings (SSSR count). The quantitative estimate of drug-likeness (QED) is 0.753. The van der Waals surface area contributed by atoms with E-state index in [2.05, 4.69) is 15.2 Å². The molecule has 0 bridgehead atoms. The topological polar surface area (TPSA) is 61.6 Å². The number of carbonyl (C=O) groups excluding carboxylic acids is 1. The van der Waals surface area contributed by atoms with Crippen LogP contribution in [0.2, 0.25) is 0 Å². The van der Waals surface area contributed by atoms with Gasteiger partial charge >= 0.3 is 0 Å². The molecule has 1 N–H and O–H groups in total. The summed E-state index contributed by atoms with van der Waals surface area (Å²) in [5, 5.41) is 3.07. The average molecular weight is 364 g/mol. The standard InChI is InChI=1S/C21H24N4O2/c1-24(2)16-8-5-7-15(13-16)20(26)22-14-17-9-6-12-25(17)21-23-18-10-3-4-11-19(18)27-21/h3-5,7-8,10-11,13,17H,6,9,12,14H2,1-2H3,(H,22,26). The normalized spacial score (nSPS) is 16.7. The number of hydrogen-bond donors (Lipinski definition) is 1. The Kier molecular flexibility index (Phi) is 4.71. The van der Waals surface area contributed by atoms with Crippen molar-refractivity contribution in [1.29, 1.82) is 0 Å². The van der Waals surface area contributed by atoms with Crippen LogP contribution in [0.1, 0.15) is 23.2 Å². The highest BCUT2D eigenvalue weighted by atomic mass is 16.4. The summed E-state index contributed by atoms with van der Waals surface area (Å²) < 4.78 is 5.91. The Morgan fingerprint density at radius 2 is 2.11 bits per heavy atom. The molecule has 0 saturated carbocycles. The summed E-state index contributed by atoms with van der Waals surface area (Å²) in [7, 11) is 3.93. The number of hydrogen-bond acceptors (Lipinski definition) is 5. The van der Waals surface area contributed by atoms with Crippen LogP contribution in [0, 0.1) is 0 Å². The Labute approximate surface area is 158 Å². The number of fused-ring (bicyclic) bond motifs is 1. The van der Waals surface area contributed by atoms with Crippen molar-refractivity contribution in [1.82, 2.24) is 10.3 Å². The number of nitrogens with zero attached hydrogens (tertiary/aromatic N) is 3. The predicted molar refractivity (Wildman–Crippen MR) is 107 cm³/mol. The monoisotopic (exact) mass is 364 g/mol. The van der Waals surface area contributed by atoms with E-state index in [-0.39, 0.29) is 11.9 Å². The molecule has 27 heavy (non-hydrogen) atoms. The van der Waals surface area contributed by atoms with Gasteiger partial charge in [0.15, 0.2) is 5.58 Å². The molecule has 1 aliphatic heterocycles. The van der Waals surface area contributed by atoms with Crippen LogP contribution in [0.15, 0.2) is 52.9 Å². The third-order valence-electron chi connectivity index (χ3n) is 5.03. The van der Waals surface area contributed by atoms with Gasteiger partial charge in [-0.2, -0.15) is 4.98 Å². The van der Waals surface area contributed by atoms with Gasteiger partial charge in [-0.15, -0.1) is 0 Å². The number of oxazole rings is 1. The first-order valence-corrected chi connectivity index (χ1v) is 9.29. The molecule has 1 saturated heterocycles. The zero-order valence-corrected chi connectivity index (χ0v) is 15.7. The van der Waals surface area contributed by atoms with Gasteiger partial charge in [0.1, 0.15) is 5.52 Å². The molecule has 6 heteroatoms. The molecule has 3 aromatic rings. The zero-order chi connectivity index (χ0) is 18.8. The van der Waals surface area contributed by atoms with Crippen molar-refractivity contribution < 1.29 is 9.21 Å². The van der Waals surface area contributed by atoms with E-state index in [0.29, 0.717) is 18.1 Å². The third-order valence-corrected chi connectivity index (χ3v) is 5.03. The van der Waals surface area contributed by atoms with Crippen molar-refractivity contribution in [3.63, 3.8) is 0 Å². The maximum absolute atomic E-state index is 12.6. The number of amides is 1. The molecule has 1 aliphatic rings. The molecule has 2 heterocycles. The van der Waals surface area contributed by atoms with Gasteiger partial charge in [-0.25, -0.2) is 0 Å². The zero-order valence-electron chi connectivity index (χ0n) is 15.7. The van der Waals surface area contributed by atoms with Crippen LogP contribution < -0.4 is 15.1 Å². The van der Waals surface area contributed by atoms with E-state index in [1.807, 2.05) is 67.5 Å². The van der Waals surface area contributed by atoms with E-state index in [0.717, 1.165) is 36.2 Å². The van der Waals surface area contributed by atoms with Gasteiger partial charge in [-0.05, 0) is 43.2 Å². The van der Waals surface area contributed by atoms with E-state index in [4.69, 9.17) is 4.42 Å². The lowest BCUT2D eigenvalue weighted by atomic mass is 10.1. The molecular weight excluding hydrogens is 340 g/mol. The van der Waals surface area contributed by atoms with Gasteiger partial charge in [-0.3, -0.25) is 4.79 Å². The van der Waals surface area contributed by atoms with Crippen LogP contribution >= 0.6 is 0 Å². The Morgan fingerprint density at radius 3 is 2.93 bits per heavy atom.